The Morgan fingerprint density at radius 1 is 1.60 bits per heavy atom. The summed E-state index contributed by atoms with van der Waals surface area (Å²) in [5.74, 6) is 0. The first-order valence-electron chi connectivity index (χ1n) is 2.30. The van der Waals surface area contributed by atoms with Crippen LogP contribution in [0.5, 0.6) is 0 Å². The molecule has 0 saturated heterocycles. The predicted octanol–water partition coefficient (Wildman–Crippen LogP) is 1.50. The number of rotatable bonds is 1. The van der Waals surface area contributed by atoms with Crippen LogP contribution < -0.4 is 0 Å². The minimum atomic E-state index is -4.67. The summed E-state index contributed by atoms with van der Waals surface area (Å²) in [6.45, 7) is 5.41. The maximum absolute atomic E-state index is 8.74. The Bertz CT molecular complexity index is 175. The largest absolute Gasteiger partial charge is 0.394 e. The van der Waals surface area contributed by atoms with Crippen molar-refractivity contribution in [3.05, 3.63) is 11.6 Å². The molecule has 0 aromatic rings. The van der Waals surface area contributed by atoms with E-state index in [1.54, 1.807) is 0 Å². The number of halogens is 1. The Hall–Kier alpha value is -0.100. The standard InChI is InChI=1S/C4H7Cl.H2O4S/c1-3-4(2)5;1-5(2,3)4/h2-3H2,1H3;(H2,1,2,3,4). The van der Waals surface area contributed by atoms with E-state index in [1.165, 1.54) is 0 Å². The lowest BCUT2D eigenvalue weighted by molar-refractivity contribution is 0.381. The summed E-state index contributed by atoms with van der Waals surface area (Å²) >= 11 is 5.27. The van der Waals surface area contributed by atoms with Gasteiger partial charge >= 0.3 is 10.4 Å². The molecule has 0 aliphatic carbocycles. The third-order valence-corrected chi connectivity index (χ3v) is 0.651. The van der Waals surface area contributed by atoms with Crippen LogP contribution in [0.1, 0.15) is 13.3 Å². The Morgan fingerprint density at radius 3 is 1.70 bits per heavy atom. The van der Waals surface area contributed by atoms with Gasteiger partial charge < -0.3 is 0 Å². The van der Waals surface area contributed by atoms with Gasteiger partial charge in [0.05, 0.1) is 0 Å². The summed E-state index contributed by atoms with van der Waals surface area (Å²) in [5, 5.41) is 0.727. The third kappa shape index (κ3) is 104. The van der Waals surface area contributed by atoms with E-state index in [4.69, 9.17) is 29.1 Å². The summed E-state index contributed by atoms with van der Waals surface area (Å²) in [7, 11) is -4.67. The molecular weight excluding hydrogens is 180 g/mol. The molecule has 0 rings (SSSR count). The Labute approximate surface area is 65.1 Å². The molecule has 6 heteroatoms. The normalized spacial score (nSPS) is 9.60. The van der Waals surface area contributed by atoms with Crippen molar-refractivity contribution in [2.45, 2.75) is 13.3 Å². The monoisotopic (exact) mass is 188 g/mol. The van der Waals surface area contributed by atoms with Crippen molar-refractivity contribution in [1.82, 2.24) is 0 Å². The number of hydrogen-bond acceptors (Lipinski definition) is 2. The van der Waals surface area contributed by atoms with Crippen molar-refractivity contribution in [2.75, 3.05) is 0 Å². The lowest BCUT2D eigenvalue weighted by Gasteiger charge is -1.76. The van der Waals surface area contributed by atoms with E-state index in [0.717, 1.165) is 11.5 Å². The SMILES string of the molecule is C=C(Cl)CC.O=S(=O)(O)O. The van der Waals surface area contributed by atoms with E-state index in [0.29, 0.717) is 0 Å². The second-order valence-corrected chi connectivity index (χ2v) is 2.75. The first-order valence-corrected chi connectivity index (χ1v) is 4.08. The molecular formula is C4H9ClO4S. The molecule has 0 amide bonds. The van der Waals surface area contributed by atoms with Gasteiger partial charge in [-0.25, -0.2) is 0 Å². The van der Waals surface area contributed by atoms with Gasteiger partial charge in [-0.1, -0.05) is 25.1 Å². The zero-order valence-electron chi connectivity index (χ0n) is 5.41. The van der Waals surface area contributed by atoms with E-state index >= 15 is 0 Å². The molecule has 10 heavy (non-hydrogen) atoms. The molecule has 62 valence electrons. The van der Waals surface area contributed by atoms with Gasteiger partial charge in [0.25, 0.3) is 0 Å². The van der Waals surface area contributed by atoms with Crippen molar-refractivity contribution < 1.29 is 17.5 Å². The van der Waals surface area contributed by atoms with Crippen molar-refractivity contribution in [1.29, 1.82) is 0 Å². The molecule has 0 bridgehead atoms. The highest BCUT2D eigenvalue weighted by atomic mass is 35.5. The van der Waals surface area contributed by atoms with Crippen LogP contribution in [-0.4, -0.2) is 17.5 Å². The minimum Gasteiger partial charge on any atom is -0.264 e. The zero-order chi connectivity index (χ0) is 8.78. The highest BCUT2D eigenvalue weighted by molar-refractivity contribution is 7.79. The molecule has 0 aromatic heterocycles. The van der Waals surface area contributed by atoms with Crippen molar-refractivity contribution in [2.24, 2.45) is 0 Å². The average Bonchev–Trinajstić information content (AvgIpc) is 1.61. The van der Waals surface area contributed by atoms with Gasteiger partial charge in [-0.3, -0.25) is 9.11 Å². The second kappa shape index (κ2) is 5.67. The fraction of sp³-hybridized carbons (Fsp3) is 0.500. The van der Waals surface area contributed by atoms with Gasteiger partial charge in [0.1, 0.15) is 0 Å². The van der Waals surface area contributed by atoms with Gasteiger partial charge in [0.15, 0.2) is 0 Å². The summed E-state index contributed by atoms with van der Waals surface area (Å²) < 4.78 is 31.6. The van der Waals surface area contributed by atoms with Crippen molar-refractivity contribution in [3.8, 4) is 0 Å². The molecule has 0 aliphatic heterocycles. The molecule has 0 atom stereocenters. The molecule has 0 unspecified atom stereocenters. The smallest absolute Gasteiger partial charge is 0.264 e. The molecule has 0 spiro atoms. The Balaban J connectivity index is 0. The van der Waals surface area contributed by atoms with Crippen molar-refractivity contribution in [3.63, 3.8) is 0 Å². The van der Waals surface area contributed by atoms with Gasteiger partial charge in [0.2, 0.25) is 0 Å². The number of hydrogen-bond donors (Lipinski definition) is 2. The van der Waals surface area contributed by atoms with Crippen LogP contribution in [-0.2, 0) is 10.4 Å². The first kappa shape index (κ1) is 12.6. The van der Waals surface area contributed by atoms with Gasteiger partial charge in [0, 0.05) is 5.03 Å². The van der Waals surface area contributed by atoms with E-state index in [2.05, 4.69) is 6.58 Å². The molecule has 0 aliphatic rings. The molecule has 0 aromatic carbocycles. The first-order chi connectivity index (χ1) is 4.27. The maximum atomic E-state index is 8.74. The molecule has 0 saturated carbocycles. The Morgan fingerprint density at radius 2 is 1.70 bits per heavy atom. The van der Waals surface area contributed by atoms with Crippen LogP contribution in [0.4, 0.5) is 0 Å². The van der Waals surface area contributed by atoms with Crippen LogP contribution in [0.25, 0.3) is 0 Å². The van der Waals surface area contributed by atoms with E-state index in [-0.39, 0.29) is 0 Å². The molecule has 2 N–H and O–H groups in total. The van der Waals surface area contributed by atoms with Crippen LogP contribution >= 0.6 is 11.6 Å². The lowest BCUT2D eigenvalue weighted by atomic mass is 10.5. The summed E-state index contributed by atoms with van der Waals surface area (Å²) in [4.78, 5) is 0. The molecule has 0 heterocycles. The summed E-state index contributed by atoms with van der Waals surface area (Å²) in [6, 6.07) is 0. The van der Waals surface area contributed by atoms with Crippen LogP contribution in [0, 0.1) is 0 Å². The maximum Gasteiger partial charge on any atom is 0.394 e. The van der Waals surface area contributed by atoms with E-state index < -0.39 is 10.4 Å². The quantitative estimate of drug-likeness (QED) is 0.612. The molecule has 0 radical (unpaired) electrons. The van der Waals surface area contributed by atoms with Gasteiger partial charge in [-0.05, 0) is 6.42 Å². The van der Waals surface area contributed by atoms with E-state index in [9.17, 15) is 0 Å². The van der Waals surface area contributed by atoms with Crippen LogP contribution in [0.15, 0.2) is 11.6 Å². The fourth-order valence-electron chi connectivity index (χ4n) is 0. The lowest BCUT2D eigenvalue weighted by Crippen LogP contribution is -1.89. The van der Waals surface area contributed by atoms with Crippen molar-refractivity contribution >= 4 is 22.0 Å². The second-order valence-electron chi connectivity index (χ2n) is 1.32. The topological polar surface area (TPSA) is 74.6 Å². The fourth-order valence-corrected chi connectivity index (χ4v) is 0. The summed E-state index contributed by atoms with van der Waals surface area (Å²) in [5.41, 5.74) is 0. The van der Waals surface area contributed by atoms with E-state index in [1.807, 2.05) is 6.92 Å². The highest BCUT2D eigenvalue weighted by Crippen LogP contribution is 1.98. The van der Waals surface area contributed by atoms with Crippen LogP contribution in [0.3, 0.4) is 0 Å². The third-order valence-electron chi connectivity index (χ3n) is 0.384. The highest BCUT2D eigenvalue weighted by Gasteiger charge is 1.84. The minimum absolute atomic E-state index is 0.727. The Kier molecular flexibility index (Phi) is 7.12. The van der Waals surface area contributed by atoms with Gasteiger partial charge in [-0.2, -0.15) is 8.42 Å². The number of allylic oxidation sites excluding steroid dienone is 1. The van der Waals surface area contributed by atoms with Gasteiger partial charge in [-0.15, -0.1) is 0 Å². The molecule has 4 nitrogen and oxygen atoms in total. The zero-order valence-corrected chi connectivity index (χ0v) is 6.98. The molecule has 0 fully saturated rings. The predicted molar refractivity (Wildman–Crippen MR) is 39.5 cm³/mol. The van der Waals surface area contributed by atoms with Crippen LogP contribution in [0.2, 0.25) is 0 Å². The summed E-state index contributed by atoms with van der Waals surface area (Å²) in [6.07, 6.45) is 0.877. The average molecular weight is 189 g/mol.